The van der Waals surface area contributed by atoms with Crippen molar-refractivity contribution in [1.29, 1.82) is 0 Å². The Morgan fingerprint density at radius 1 is 1.24 bits per heavy atom. The molecule has 10 heteroatoms. The quantitative estimate of drug-likeness (QED) is 0.556. The molecule has 0 saturated heterocycles. The number of nitrogens with one attached hydrogen (secondary N) is 1. The van der Waals surface area contributed by atoms with Gasteiger partial charge >= 0.3 is 5.97 Å². The van der Waals surface area contributed by atoms with Gasteiger partial charge in [-0.1, -0.05) is 12.5 Å². The highest BCUT2D eigenvalue weighted by molar-refractivity contribution is 7.20. The lowest BCUT2D eigenvalue weighted by molar-refractivity contribution is -0.129. The summed E-state index contributed by atoms with van der Waals surface area (Å²) in [5.41, 5.74) is 1.28. The first kappa shape index (κ1) is 22.4. The predicted octanol–water partition coefficient (Wildman–Crippen LogP) is 3.08. The number of hydrogen-bond acceptors (Lipinski definition) is 8. The van der Waals surface area contributed by atoms with E-state index in [1.165, 1.54) is 6.92 Å². The molecular weight excluding hydrogens is 458 g/mol. The van der Waals surface area contributed by atoms with Crippen LogP contribution in [-0.2, 0) is 29.0 Å². The summed E-state index contributed by atoms with van der Waals surface area (Å²) in [5.74, 6) is 1.02. The molecule has 0 saturated carbocycles. The molecule has 9 nitrogen and oxygen atoms in total. The number of ether oxygens (including phenoxy) is 3. The number of hydrogen-bond donors (Lipinski definition) is 1. The third-order valence-corrected chi connectivity index (χ3v) is 7.32. The number of esters is 1. The van der Waals surface area contributed by atoms with Crippen LogP contribution < -0.4 is 20.3 Å². The zero-order valence-corrected chi connectivity index (χ0v) is 19.8. The van der Waals surface area contributed by atoms with Gasteiger partial charge in [-0.2, -0.15) is 0 Å². The number of aryl methyl sites for hydroxylation is 2. The van der Waals surface area contributed by atoms with E-state index in [1.54, 1.807) is 23.6 Å². The molecule has 1 N–H and O–H groups in total. The van der Waals surface area contributed by atoms with Crippen LogP contribution >= 0.6 is 11.3 Å². The second-order valence-corrected chi connectivity index (χ2v) is 9.48. The molecule has 2 aromatic heterocycles. The standard InChI is InChI=1S/C24H25N3O6S/c1-13-19-22(26-18-6-4-3-5-9-27(18)23(19)29)34-20(13)24(30)33-14(2)21(28)25-11-15-7-8-16-17(10-15)32-12-31-16/h7-8,10,14H,3-6,9,11-12H2,1-2H3,(H,25,28). The van der Waals surface area contributed by atoms with Gasteiger partial charge in [0.05, 0.1) is 5.39 Å². The van der Waals surface area contributed by atoms with Crippen LogP contribution in [0.4, 0.5) is 0 Å². The maximum Gasteiger partial charge on any atom is 0.349 e. The Labute approximate surface area is 199 Å². The van der Waals surface area contributed by atoms with E-state index in [0.717, 1.165) is 48.4 Å². The smallest absolute Gasteiger partial charge is 0.349 e. The molecule has 1 unspecified atom stereocenters. The van der Waals surface area contributed by atoms with Gasteiger partial charge in [-0.05, 0) is 49.9 Å². The Balaban J connectivity index is 1.28. The molecule has 2 aliphatic heterocycles. The highest BCUT2D eigenvalue weighted by Gasteiger charge is 2.26. The first-order valence-electron chi connectivity index (χ1n) is 11.3. The molecule has 4 heterocycles. The summed E-state index contributed by atoms with van der Waals surface area (Å²) < 4.78 is 17.8. The average Bonchev–Trinajstić information content (AvgIpc) is 3.33. The Morgan fingerprint density at radius 3 is 2.91 bits per heavy atom. The number of rotatable bonds is 5. The molecule has 0 aliphatic carbocycles. The number of fused-ring (bicyclic) bond motifs is 3. The molecule has 34 heavy (non-hydrogen) atoms. The topological polar surface area (TPSA) is 109 Å². The minimum atomic E-state index is -1.00. The SMILES string of the molecule is Cc1c(C(=O)OC(C)C(=O)NCc2ccc3c(c2)OCO3)sc2nc3n(c(=O)c12)CCCCC3. The maximum absolute atomic E-state index is 13.1. The summed E-state index contributed by atoms with van der Waals surface area (Å²) in [4.78, 5) is 44.0. The molecule has 0 bridgehead atoms. The molecule has 0 radical (unpaired) electrons. The Kier molecular flexibility index (Phi) is 5.99. The van der Waals surface area contributed by atoms with Crippen molar-refractivity contribution in [1.82, 2.24) is 14.9 Å². The number of thiophene rings is 1. The van der Waals surface area contributed by atoms with E-state index in [1.807, 2.05) is 6.07 Å². The maximum atomic E-state index is 13.1. The summed E-state index contributed by atoms with van der Waals surface area (Å²) in [6.45, 7) is 4.33. The molecule has 1 amide bonds. The van der Waals surface area contributed by atoms with Crippen molar-refractivity contribution >= 4 is 33.4 Å². The second-order valence-electron chi connectivity index (χ2n) is 8.48. The number of nitrogens with zero attached hydrogens (tertiary/aromatic N) is 2. The molecule has 2 aliphatic rings. The van der Waals surface area contributed by atoms with E-state index >= 15 is 0 Å². The molecule has 5 rings (SSSR count). The van der Waals surface area contributed by atoms with Crippen LogP contribution in [0.2, 0.25) is 0 Å². The van der Waals surface area contributed by atoms with E-state index in [2.05, 4.69) is 10.3 Å². The van der Waals surface area contributed by atoms with Gasteiger partial charge in [0.25, 0.3) is 11.5 Å². The van der Waals surface area contributed by atoms with Crippen molar-refractivity contribution in [3.8, 4) is 11.5 Å². The van der Waals surface area contributed by atoms with Crippen molar-refractivity contribution in [2.45, 2.75) is 58.7 Å². The first-order valence-corrected chi connectivity index (χ1v) is 12.1. The van der Waals surface area contributed by atoms with E-state index in [-0.39, 0.29) is 18.9 Å². The highest BCUT2D eigenvalue weighted by atomic mass is 32.1. The van der Waals surface area contributed by atoms with Gasteiger partial charge in [0.15, 0.2) is 17.6 Å². The monoisotopic (exact) mass is 483 g/mol. The second kappa shape index (κ2) is 9.09. The van der Waals surface area contributed by atoms with Gasteiger partial charge in [0, 0.05) is 19.5 Å². The van der Waals surface area contributed by atoms with Gasteiger partial charge in [0.2, 0.25) is 6.79 Å². The zero-order valence-electron chi connectivity index (χ0n) is 19.0. The zero-order chi connectivity index (χ0) is 23.8. The van der Waals surface area contributed by atoms with Crippen LogP contribution in [0.1, 0.15) is 52.8 Å². The van der Waals surface area contributed by atoms with Crippen LogP contribution in [0.25, 0.3) is 10.2 Å². The van der Waals surface area contributed by atoms with Crippen LogP contribution in [0.5, 0.6) is 11.5 Å². The predicted molar refractivity (Wildman–Crippen MR) is 125 cm³/mol. The van der Waals surface area contributed by atoms with Crippen LogP contribution in [0.3, 0.4) is 0 Å². The number of amides is 1. The highest BCUT2D eigenvalue weighted by Crippen LogP contribution is 2.32. The number of carbonyl (C=O) groups excluding carboxylic acids is 2. The molecular formula is C24H25N3O6S. The first-order chi connectivity index (χ1) is 16.4. The molecule has 1 atom stereocenters. The summed E-state index contributed by atoms with van der Waals surface area (Å²) in [6, 6.07) is 5.42. The van der Waals surface area contributed by atoms with Gasteiger partial charge in [0.1, 0.15) is 15.5 Å². The molecule has 0 spiro atoms. The summed E-state index contributed by atoms with van der Waals surface area (Å²) >= 11 is 1.14. The number of aromatic nitrogens is 2. The van der Waals surface area contributed by atoms with Crippen molar-refractivity contribution in [2.75, 3.05) is 6.79 Å². The molecule has 0 fully saturated rings. The average molecular weight is 484 g/mol. The van der Waals surface area contributed by atoms with Crippen molar-refractivity contribution in [3.63, 3.8) is 0 Å². The third-order valence-electron chi connectivity index (χ3n) is 6.15. The van der Waals surface area contributed by atoms with Gasteiger partial charge in [-0.3, -0.25) is 14.2 Å². The Bertz CT molecular complexity index is 1340. The Morgan fingerprint density at radius 2 is 2.06 bits per heavy atom. The van der Waals surface area contributed by atoms with E-state index in [9.17, 15) is 14.4 Å². The van der Waals surface area contributed by atoms with Gasteiger partial charge in [-0.15, -0.1) is 11.3 Å². The lowest BCUT2D eigenvalue weighted by Gasteiger charge is -2.13. The summed E-state index contributed by atoms with van der Waals surface area (Å²) in [5, 5.41) is 3.23. The Hall–Kier alpha value is -3.40. The number of carbonyl (C=O) groups is 2. The largest absolute Gasteiger partial charge is 0.454 e. The van der Waals surface area contributed by atoms with Crippen molar-refractivity contribution in [3.05, 3.63) is 50.4 Å². The normalized spacial score (nSPS) is 15.5. The van der Waals surface area contributed by atoms with Crippen molar-refractivity contribution < 1.29 is 23.8 Å². The fourth-order valence-electron chi connectivity index (χ4n) is 4.26. The van der Waals surface area contributed by atoms with Gasteiger partial charge < -0.3 is 19.5 Å². The van der Waals surface area contributed by atoms with E-state index < -0.39 is 18.0 Å². The van der Waals surface area contributed by atoms with E-state index in [4.69, 9.17) is 14.2 Å². The van der Waals surface area contributed by atoms with Crippen LogP contribution in [0.15, 0.2) is 23.0 Å². The fourth-order valence-corrected chi connectivity index (χ4v) is 5.33. The minimum absolute atomic E-state index is 0.107. The van der Waals surface area contributed by atoms with Gasteiger partial charge in [-0.25, -0.2) is 9.78 Å². The van der Waals surface area contributed by atoms with Crippen molar-refractivity contribution in [2.24, 2.45) is 0 Å². The molecule has 178 valence electrons. The lowest BCUT2D eigenvalue weighted by Crippen LogP contribution is -2.35. The summed E-state index contributed by atoms with van der Waals surface area (Å²) in [7, 11) is 0. The minimum Gasteiger partial charge on any atom is -0.454 e. The van der Waals surface area contributed by atoms with Crippen LogP contribution in [0, 0.1) is 6.92 Å². The fraction of sp³-hybridized carbons (Fsp3) is 0.417. The van der Waals surface area contributed by atoms with E-state index in [0.29, 0.717) is 38.7 Å². The molecule has 1 aromatic carbocycles. The number of benzene rings is 1. The summed E-state index contributed by atoms with van der Waals surface area (Å²) in [6.07, 6.45) is 2.76. The van der Waals surface area contributed by atoms with Crippen LogP contribution in [-0.4, -0.2) is 34.3 Å². The third kappa shape index (κ3) is 4.13. The lowest BCUT2D eigenvalue weighted by atomic mass is 10.2. The molecule has 3 aromatic rings.